The fourth-order valence-electron chi connectivity index (χ4n) is 7.25. The van der Waals surface area contributed by atoms with Crippen LogP contribution in [-0.2, 0) is 14.3 Å². The van der Waals surface area contributed by atoms with Gasteiger partial charge in [-0.3, -0.25) is 9.59 Å². The lowest BCUT2D eigenvalue weighted by Crippen LogP contribution is -2.46. The molecule has 0 aliphatic heterocycles. The van der Waals surface area contributed by atoms with Crippen molar-refractivity contribution in [1.82, 2.24) is 5.32 Å². The van der Waals surface area contributed by atoms with Crippen LogP contribution in [0.25, 0.3) is 0 Å². The van der Waals surface area contributed by atoms with Gasteiger partial charge in [0.1, 0.15) is 6.10 Å². The van der Waals surface area contributed by atoms with Gasteiger partial charge in [-0.2, -0.15) is 0 Å². The second kappa shape index (κ2) is 41.8. The summed E-state index contributed by atoms with van der Waals surface area (Å²) in [4.78, 5) is 25.9. The number of esters is 1. The molecule has 1 amide bonds. The molecule has 0 heterocycles. The molecule has 53 heavy (non-hydrogen) atoms. The number of rotatable bonds is 42. The van der Waals surface area contributed by atoms with Crippen LogP contribution in [0.5, 0.6) is 0 Å². The molecule has 0 aliphatic carbocycles. The number of nitrogens with one attached hydrogen (secondary N) is 1. The van der Waals surface area contributed by atoms with Crippen molar-refractivity contribution in [2.75, 3.05) is 6.61 Å². The van der Waals surface area contributed by atoms with Gasteiger partial charge in [-0.15, -0.1) is 0 Å². The van der Waals surface area contributed by atoms with Crippen LogP contribution in [0.1, 0.15) is 252 Å². The first-order valence-electron chi connectivity index (χ1n) is 23.4. The Morgan fingerprint density at radius 1 is 0.528 bits per heavy atom. The Morgan fingerprint density at radius 3 is 1.38 bits per heavy atom. The number of hydrogen-bond donors (Lipinski definition) is 3. The minimum atomic E-state index is -0.786. The Bertz CT molecular complexity index is 802. The number of allylic oxidation sites excluding steroid dienone is 2. The number of aliphatic hydroxyl groups is 2. The first kappa shape index (κ1) is 51.6. The van der Waals surface area contributed by atoms with Crippen LogP contribution in [-0.4, -0.2) is 46.9 Å². The van der Waals surface area contributed by atoms with Gasteiger partial charge < -0.3 is 20.3 Å². The average molecular weight is 750 g/mol. The third-order valence-corrected chi connectivity index (χ3v) is 10.8. The molecule has 6 heteroatoms. The van der Waals surface area contributed by atoms with Crippen LogP contribution in [0.3, 0.4) is 0 Å². The molecule has 0 rings (SSSR count). The molecule has 0 bridgehead atoms. The zero-order chi connectivity index (χ0) is 38.9. The summed E-state index contributed by atoms with van der Waals surface area (Å²) in [5.41, 5.74) is 0. The van der Waals surface area contributed by atoms with E-state index in [0.717, 1.165) is 51.4 Å². The van der Waals surface area contributed by atoms with E-state index in [1.54, 1.807) is 0 Å². The molecule has 0 aromatic carbocycles. The Morgan fingerprint density at radius 2 is 0.925 bits per heavy atom. The quantitative estimate of drug-likeness (QED) is 0.0328. The third-order valence-electron chi connectivity index (χ3n) is 10.8. The van der Waals surface area contributed by atoms with Crippen molar-refractivity contribution >= 4 is 11.9 Å². The molecule has 0 aromatic rings. The molecule has 0 saturated heterocycles. The van der Waals surface area contributed by atoms with Crippen LogP contribution in [0.4, 0.5) is 0 Å². The van der Waals surface area contributed by atoms with Crippen molar-refractivity contribution < 1.29 is 24.5 Å². The van der Waals surface area contributed by atoms with E-state index in [1.807, 2.05) is 0 Å². The predicted octanol–water partition coefficient (Wildman–Crippen LogP) is 13.4. The molecule has 0 spiro atoms. The normalized spacial score (nSPS) is 13.4. The molecular weight excluding hydrogens is 659 g/mol. The zero-order valence-electron chi connectivity index (χ0n) is 35.7. The van der Waals surface area contributed by atoms with Gasteiger partial charge in [-0.05, 0) is 44.9 Å². The van der Waals surface area contributed by atoms with E-state index in [2.05, 4.69) is 38.2 Å². The fraction of sp³-hybridized carbons (Fsp3) is 0.915. The molecule has 0 saturated carbocycles. The van der Waals surface area contributed by atoms with Gasteiger partial charge in [-0.1, -0.05) is 206 Å². The Labute approximate surface area is 329 Å². The molecule has 0 aliphatic rings. The number of carbonyl (C=O) groups excluding carboxylic acids is 2. The van der Waals surface area contributed by atoms with Crippen LogP contribution >= 0.6 is 0 Å². The maximum absolute atomic E-state index is 13.1. The van der Waals surface area contributed by atoms with Crippen molar-refractivity contribution in [3.05, 3.63) is 12.2 Å². The number of carbonyl (C=O) groups is 2. The number of aliphatic hydroxyl groups excluding tert-OH is 2. The standard InChI is InChI=1S/C47H91NO5/c1-4-7-10-13-16-19-21-23-25-28-30-33-36-39-45(50)44(42-49)48-46(51)41-43(38-35-32-29-27-24-22-20-17-14-11-8-5-2)53-47(52)40-37-34-31-26-18-15-12-9-6-3/h27,29,43-45,49-50H,4-26,28,30-42H2,1-3H3,(H,48,51)/b29-27-. The summed E-state index contributed by atoms with van der Waals surface area (Å²) in [7, 11) is 0. The van der Waals surface area contributed by atoms with E-state index in [9.17, 15) is 19.8 Å². The number of ether oxygens (including phenoxy) is 1. The minimum absolute atomic E-state index is 0.0627. The van der Waals surface area contributed by atoms with E-state index in [-0.39, 0.29) is 24.9 Å². The van der Waals surface area contributed by atoms with Crippen molar-refractivity contribution in [2.45, 2.75) is 270 Å². The Kier molecular flexibility index (Phi) is 40.7. The van der Waals surface area contributed by atoms with E-state index in [4.69, 9.17) is 4.74 Å². The Hall–Kier alpha value is -1.40. The van der Waals surface area contributed by atoms with E-state index >= 15 is 0 Å². The van der Waals surface area contributed by atoms with E-state index < -0.39 is 18.2 Å². The molecule has 3 N–H and O–H groups in total. The largest absolute Gasteiger partial charge is 0.462 e. The maximum atomic E-state index is 13.1. The summed E-state index contributed by atoms with van der Waals surface area (Å²) in [6, 6.07) is -0.701. The molecule has 0 aromatic heterocycles. The number of hydrogen-bond acceptors (Lipinski definition) is 5. The number of unbranched alkanes of at least 4 members (excludes halogenated alkanes) is 28. The van der Waals surface area contributed by atoms with Crippen LogP contribution in [0.2, 0.25) is 0 Å². The van der Waals surface area contributed by atoms with Gasteiger partial charge in [0.2, 0.25) is 5.91 Å². The summed E-state index contributed by atoms with van der Waals surface area (Å²) in [6.07, 6.45) is 44.2. The Balaban J connectivity index is 4.55. The van der Waals surface area contributed by atoms with Gasteiger partial charge >= 0.3 is 5.97 Å². The summed E-state index contributed by atoms with van der Waals surface area (Å²) >= 11 is 0. The van der Waals surface area contributed by atoms with Crippen molar-refractivity contribution in [1.29, 1.82) is 0 Å². The molecule has 314 valence electrons. The lowest BCUT2D eigenvalue weighted by atomic mass is 10.0. The highest BCUT2D eigenvalue weighted by atomic mass is 16.5. The van der Waals surface area contributed by atoms with Gasteiger partial charge in [0.15, 0.2) is 0 Å². The van der Waals surface area contributed by atoms with E-state index in [1.165, 1.54) is 154 Å². The zero-order valence-corrected chi connectivity index (χ0v) is 35.7. The third kappa shape index (κ3) is 37.3. The molecule has 3 unspecified atom stereocenters. The smallest absolute Gasteiger partial charge is 0.306 e. The first-order chi connectivity index (χ1) is 26.0. The van der Waals surface area contributed by atoms with Crippen molar-refractivity contribution in [2.24, 2.45) is 0 Å². The first-order valence-corrected chi connectivity index (χ1v) is 23.4. The molecule has 0 fully saturated rings. The van der Waals surface area contributed by atoms with E-state index in [0.29, 0.717) is 19.3 Å². The van der Waals surface area contributed by atoms with Crippen LogP contribution in [0, 0.1) is 0 Å². The lowest BCUT2D eigenvalue weighted by molar-refractivity contribution is -0.151. The van der Waals surface area contributed by atoms with Gasteiger partial charge in [0.05, 0.1) is 25.2 Å². The highest BCUT2D eigenvalue weighted by Gasteiger charge is 2.24. The predicted molar refractivity (Wildman–Crippen MR) is 227 cm³/mol. The molecule has 0 radical (unpaired) electrons. The van der Waals surface area contributed by atoms with Crippen molar-refractivity contribution in [3.63, 3.8) is 0 Å². The molecule has 3 atom stereocenters. The lowest BCUT2D eigenvalue weighted by Gasteiger charge is -2.24. The monoisotopic (exact) mass is 750 g/mol. The summed E-state index contributed by atoms with van der Waals surface area (Å²) in [6.45, 7) is 6.45. The van der Waals surface area contributed by atoms with Crippen LogP contribution in [0.15, 0.2) is 12.2 Å². The van der Waals surface area contributed by atoms with Gasteiger partial charge in [0, 0.05) is 6.42 Å². The maximum Gasteiger partial charge on any atom is 0.306 e. The van der Waals surface area contributed by atoms with Gasteiger partial charge in [0.25, 0.3) is 0 Å². The SMILES string of the molecule is CCCCCCCCC/C=C\CCCC(CC(=O)NC(CO)C(O)CCCCCCCCCCCCCCC)OC(=O)CCCCCCCCCCC. The van der Waals surface area contributed by atoms with Gasteiger partial charge in [-0.25, -0.2) is 0 Å². The second-order valence-corrected chi connectivity index (χ2v) is 16.2. The summed E-state index contributed by atoms with van der Waals surface area (Å²) in [5.74, 6) is -0.495. The molecular formula is C47H91NO5. The minimum Gasteiger partial charge on any atom is -0.462 e. The van der Waals surface area contributed by atoms with Crippen LogP contribution < -0.4 is 5.32 Å². The number of amides is 1. The fourth-order valence-corrected chi connectivity index (χ4v) is 7.25. The molecule has 6 nitrogen and oxygen atoms in total. The highest BCUT2D eigenvalue weighted by molar-refractivity contribution is 5.77. The highest BCUT2D eigenvalue weighted by Crippen LogP contribution is 2.17. The average Bonchev–Trinajstić information content (AvgIpc) is 3.15. The topological polar surface area (TPSA) is 95.9 Å². The second-order valence-electron chi connectivity index (χ2n) is 16.2. The summed E-state index contributed by atoms with van der Waals surface area (Å²) in [5, 5.41) is 23.6. The summed E-state index contributed by atoms with van der Waals surface area (Å²) < 4.78 is 5.87. The van der Waals surface area contributed by atoms with Crippen molar-refractivity contribution in [3.8, 4) is 0 Å².